The molecule has 1 aromatic heterocycles. The molecule has 1 fully saturated rings. The molecule has 2 atom stereocenters. The van der Waals surface area contributed by atoms with Gasteiger partial charge in [0.2, 0.25) is 0 Å². The van der Waals surface area contributed by atoms with Gasteiger partial charge in [-0.25, -0.2) is 0 Å². The molecule has 3 nitrogen and oxygen atoms in total. The van der Waals surface area contributed by atoms with Crippen LogP contribution in [0.3, 0.4) is 0 Å². The molecule has 0 bridgehead atoms. The van der Waals surface area contributed by atoms with E-state index in [1.807, 2.05) is 14.0 Å². The lowest BCUT2D eigenvalue weighted by atomic mass is 9.71. The Balaban J connectivity index is 2.10. The van der Waals surface area contributed by atoms with Crippen LogP contribution in [0, 0.1) is 18.8 Å². The first kappa shape index (κ1) is 15.8. The fraction of sp³-hybridized carbons (Fsp3) is 0.812. The minimum atomic E-state index is -0.102. The van der Waals surface area contributed by atoms with E-state index in [0.29, 0.717) is 0 Å². The number of hydrogen-bond acceptors (Lipinski definition) is 2. The molecule has 4 heteroatoms. The standard InChI is InChI=1S/C16H28ClN3/c1-11(2)8-13-6-5-7-16(18,9-13)10-14-12(3)19-20(4)15(14)17/h11,13H,5-10,18H2,1-4H3. The van der Waals surface area contributed by atoms with E-state index in [9.17, 15) is 0 Å². The van der Waals surface area contributed by atoms with Gasteiger partial charge in [-0.15, -0.1) is 0 Å². The van der Waals surface area contributed by atoms with Crippen molar-refractivity contribution in [2.45, 2.75) is 64.8 Å². The minimum Gasteiger partial charge on any atom is -0.325 e. The van der Waals surface area contributed by atoms with Crippen molar-refractivity contribution in [1.82, 2.24) is 9.78 Å². The second kappa shape index (κ2) is 6.07. The highest BCUT2D eigenvalue weighted by molar-refractivity contribution is 6.30. The molecule has 20 heavy (non-hydrogen) atoms. The van der Waals surface area contributed by atoms with Crippen LogP contribution in [0.15, 0.2) is 0 Å². The van der Waals surface area contributed by atoms with Gasteiger partial charge in [0.15, 0.2) is 0 Å². The summed E-state index contributed by atoms with van der Waals surface area (Å²) < 4.78 is 1.75. The summed E-state index contributed by atoms with van der Waals surface area (Å²) in [5.74, 6) is 1.52. The van der Waals surface area contributed by atoms with Crippen LogP contribution in [-0.4, -0.2) is 15.3 Å². The normalized spacial score (nSPS) is 27.2. The Morgan fingerprint density at radius 1 is 1.50 bits per heavy atom. The van der Waals surface area contributed by atoms with Crippen LogP contribution in [-0.2, 0) is 13.5 Å². The molecule has 0 amide bonds. The van der Waals surface area contributed by atoms with Crippen LogP contribution < -0.4 is 5.73 Å². The van der Waals surface area contributed by atoms with E-state index >= 15 is 0 Å². The highest BCUT2D eigenvalue weighted by Crippen LogP contribution is 2.37. The Labute approximate surface area is 127 Å². The molecular formula is C16H28ClN3. The predicted octanol–water partition coefficient (Wildman–Crippen LogP) is 3.86. The molecule has 0 aliphatic heterocycles. The molecule has 2 unspecified atom stereocenters. The van der Waals surface area contributed by atoms with E-state index < -0.39 is 0 Å². The summed E-state index contributed by atoms with van der Waals surface area (Å²) in [5.41, 5.74) is 8.77. The largest absolute Gasteiger partial charge is 0.325 e. The van der Waals surface area contributed by atoms with Crippen LogP contribution in [0.25, 0.3) is 0 Å². The van der Waals surface area contributed by atoms with Crippen LogP contribution in [0.4, 0.5) is 0 Å². The zero-order chi connectivity index (χ0) is 14.9. The maximum atomic E-state index is 6.71. The predicted molar refractivity (Wildman–Crippen MR) is 85.0 cm³/mol. The molecule has 2 rings (SSSR count). The first-order valence-corrected chi connectivity index (χ1v) is 8.15. The molecule has 1 heterocycles. The van der Waals surface area contributed by atoms with Crippen molar-refractivity contribution in [3.63, 3.8) is 0 Å². The van der Waals surface area contributed by atoms with Crippen molar-refractivity contribution in [2.75, 3.05) is 0 Å². The Morgan fingerprint density at radius 3 is 2.75 bits per heavy atom. The topological polar surface area (TPSA) is 43.8 Å². The van der Waals surface area contributed by atoms with Gasteiger partial charge in [0.05, 0.1) is 5.69 Å². The van der Waals surface area contributed by atoms with E-state index in [4.69, 9.17) is 17.3 Å². The maximum Gasteiger partial charge on any atom is 0.130 e. The summed E-state index contributed by atoms with van der Waals surface area (Å²) in [6, 6.07) is 0. The summed E-state index contributed by atoms with van der Waals surface area (Å²) >= 11 is 6.36. The third-order valence-corrected chi connectivity index (χ3v) is 5.06. The van der Waals surface area contributed by atoms with Gasteiger partial charge in [-0.2, -0.15) is 5.10 Å². The fourth-order valence-electron chi connectivity index (χ4n) is 3.78. The first-order valence-electron chi connectivity index (χ1n) is 7.77. The quantitative estimate of drug-likeness (QED) is 0.917. The molecular weight excluding hydrogens is 270 g/mol. The summed E-state index contributed by atoms with van der Waals surface area (Å²) in [6.45, 7) is 6.63. The first-order chi connectivity index (χ1) is 9.31. The molecule has 0 spiro atoms. The van der Waals surface area contributed by atoms with Crippen molar-refractivity contribution in [2.24, 2.45) is 24.6 Å². The third kappa shape index (κ3) is 3.56. The Morgan fingerprint density at radius 2 is 2.20 bits per heavy atom. The molecule has 1 saturated carbocycles. The average Bonchev–Trinajstić information content (AvgIpc) is 2.55. The maximum absolute atomic E-state index is 6.71. The molecule has 1 aliphatic carbocycles. The molecule has 114 valence electrons. The lowest BCUT2D eigenvalue weighted by molar-refractivity contribution is 0.200. The lowest BCUT2D eigenvalue weighted by Gasteiger charge is -2.39. The second-order valence-electron chi connectivity index (χ2n) is 7.11. The van der Waals surface area contributed by atoms with Gasteiger partial charge in [-0.05, 0) is 44.4 Å². The van der Waals surface area contributed by atoms with Crippen molar-refractivity contribution in [3.05, 3.63) is 16.4 Å². The Bertz CT molecular complexity index is 467. The van der Waals surface area contributed by atoms with Crippen molar-refractivity contribution < 1.29 is 0 Å². The number of halogens is 1. The zero-order valence-electron chi connectivity index (χ0n) is 13.2. The van der Waals surface area contributed by atoms with Crippen LogP contribution in [0.1, 0.15) is 57.2 Å². The zero-order valence-corrected chi connectivity index (χ0v) is 14.0. The van der Waals surface area contributed by atoms with Gasteiger partial charge in [0, 0.05) is 18.2 Å². The molecule has 0 radical (unpaired) electrons. The van der Waals surface area contributed by atoms with E-state index in [1.165, 1.54) is 19.3 Å². The van der Waals surface area contributed by atoms with E-state index in [1.54, 1.807) is 4.68 Å². The number of nitrogens with two attached hydrogens (primary N) is 1. The van der Waals surface area contributed by atoms with Crippen molar-refractivity contribution >= 4 is 11.6 Å². The van der Waals surface area contributed by atoms with E-state index in [0.717, 1.165) is 47.5 Å². The molecule has 2 N–H and O–H groups in total. The number of hydrogen-bond donors (Lipinski definition) is 1. The number of nitrogens with zero attached hydrogens (tertiary/aromatic N) is 2. The van der Waals surface area contributed by atoms with Crippen molar-refractivity contribution in [1.29, 1.82) is 0 Å². The number of rotatable bonds is 4. The minimum absolute atomic E-state index is 0.102. The van der Waals surface area contributed by atoms with Crippen LogP contribution in [0.5, 0.6) is 0 Å². The summed E-state index contributed by atoms with van der Waals surface area (Å²) in [4.78, 5) is 0. The second-order valence-corrected chi connectivity index (χ2v) is 7.47. The Kier molecular flexibility index (Phi) is 4.80. The Hall–Kier alpha value is -0.540. The van der Waals surface area contributed by atoms with Crippen LogP contribution in [0.2, 0.25) is 5.15 Å². The fourth-order valence-corrected chi connectivity index (χ4v) is 4.02. The highest BCUT2D eigenvalue weighted by Gasteiger charge is 2.34. The number of aryl methyl sites for hydroxylation is 2. The van der Waals surface area contributed by atoms with E-state index in [2.05, 4.69) is 18.9 Å². The SMILES string of the molecule is Cc1nn(C)c(Cl)c1CC1(N)CCCC(CC(C)C)C1. The molecule has 0 saturated heterocycles. The summed E-state index contributed by atoms with van der Waals surface area (Å²) in [7, 11) is 1.89. The molecule has 0 aromatic carbocycles. The number of aromatic nitrogens is 2. The summed E-state index contributed by atoms with van der Waals surface area (Å²) in [5, 5.41) is 5.15. The van der Waals surface area contributed by atoms with Crippen LogP contribution >= 0.6 is 11.6 Å². The van der Waals surface area contributed by atoms with E-state index in [-0.39, 0.29) is 5.54 Å². The van der Waals surface area contributed by atoms with Gasteiger partial charge >= 0.3 is 0 Å². The van der Waals surface area contributed by atoms with Crippen molar-refractivity contribution in [3.8, 4) is 0 Å². The molecule has 1 aromatic rings. The average molecular weight is 298 g/mol. The smallest absolute Gasteiger partial charge is 0.130 e. The molecule has 1 aliphatic rings. The van der Waals surface area contributed by atoms with Gasteiger partial charge in [0.1, 0.15) is 5.15 Å². The lowest BCUT2D eigenvalue weighted by Crippen LogP contribution is -2.46. The van der Waals surface area contributed by atoms with Gasteiger partial charge in [-0.3, -0.25) is 4.68 Å². The van der Waals surface area contributed by atoms with Gasteiger partial charge in [0.25, 0.3) is 0 Å². The summed E-state index contributed by atoms with van der Waals surface area (Å²) in [6.07, 6.45) is 6.95. The highest BCUT2D eigenvalue weighted by atomic mass is 35.5. The third-order valence-electron chi connectivity index (χ3n) is 4.59. The van der Waals surface area contributed by atoms with Gasteiger partial charge in [-0.1, -0.05) is 38.3 Å². The van der Waals surface area contributed by atoms with Gasteiger partial charge < -0.3 is 5.73 Å². The monoisotopic (exact) mass is 297 g/mol.